The van der Waals surface area contributed by atoms with E-state index in [4.69, 9.17) is 4.74 Å². The zero-order valence-electron chi connectivity index (χ0n) is 10.8. The molecule has 3 nitrogen and oxygen atoms in total. The zero-order valence-corrected chi connectivity index (χ0v) is 11.6. The molecule has 0 N–H and O–H groups in total. The van der Waals surface area contributed by atoms with Gasteiger partial charge in [0.1, 0.15) is 12.4 Å². The minimum atomic E-state index is -3.31. The quantitative estimate of drug-likeness (QED) is 0.871. The number of benzene rings is 2. The molecule has 2 aromatic rings. The number of rotatable bonds is 3. The van der Waals surface area contributed by atoms with Gasteiger partial charge in [0.2, 0.25) is 0 Å². The monoisotopic (exact) mass is 286 g/mol. The predicted molar refractivity (Wildman–Crippen MR) is 78.4 cm³/mol. The lowest BCUT2D eigenvalue weighted by Crippen LogP contribution is -2.16. The van der Waals surface area contributed by atoms with Gasteiger partial charge in [-0.2, -0.15) is 0 Å². The van der Waals surface area contributed by atoms with Gasteiger partial charge in [-0.05, 0) is 29.8 Å². The average molecular weight is 286 g/mol. The molecule has 0 bridgehead atoms. The summed E-state index contributed by atoms with van der Waals surface area (Å²) in [4.78, 5) is 0.347. The maximum absolute atomic E-state index is 12.3. The Hall–Kier alpha value is -2.07. The molecule has 0 unspecified atom stereocenters. The molecule has 0 radical (unpaired) electrons. The summed E-state index contributed by atoms with van der Waals surface area (Å²) in [6.45, 7) is 0.322. The smallest absolute Gasteiger partial charge is 0.182 e. The molecule has 0 saturated heterocycles. The molecule has 0 aliphatic carbocycles. The lowest BCUT2D eigenvalue weighted by Gasteiger charge is -2.17. The van der Waals surface area contributed by atoms with Gasteiger partial charge in [-0.15, -0.1) is 0 Å². The normalized spacial score (nSPS) is 14.1. The van der Waals surface area contributed by atoms with Crippen LogP contribution in [0.15, 0.2) is 65.1 Å². The highest BCUT2D eigenvalue weighted by Gasteiger charge is 2.19. The predicted octanol–water partition coefficient (Wildman–Crippen LogP) is 2.94. The third-order valence-corrected chi connectivity index (χ3v) is 4.91. The van der Waals surface area contributed by atoms with E-state index in [1.165, 1.54) is 0 Å². The van der Waals surface area contributed by atoms with Crippen LogP contribution in [-0.2, 0) is 9.84 Å². The molecule has 0 fully saturated rings. The first kappa shape index (κ1) is 12.9. The largest absolute Gasteiger partial charge is 0.489 e. The van der Waals surface area contributed by atoms with Crippen LogP contribution in [0.3, 0.4) is 0 Å². The highest BCUT2D eigenvalue weighted by atomic mass is 32.2. The minimum absolute atomic E-state index is 0.00858. The molecule has 0 saturated carbocycles. The summed E-state index contributed by atoms with van der Waals surface area (Å²) in [6.07, 6.45) is 1.90. The Bertz CT molecular complexity index is 746. The van der Waals surface area contributed by atoms with Gasteiger partial charge in [-0.25, -0.2) is 8.42 Å². The van der Waals surface area contributed by atoms with Crippen LogP contribution in [0.2, 0.25) is 0 Å². The fraction of sp³-hybridized carbons (Fsp3) is 0.125. The summed E-state index contributed by atoms with van der Waals surface area (Å²) in [5.74, 6) is 0.791. The van der Waals surface area contributed by atoms with E-state index in [1.807, 2.05) is 30.3 Å². The van der Waals surface area contributed by atoms with Crippen molar-refractivity contribution in [3.8, 4) is 5.75 Å². The number of ether oxygens (including phenoxy) is 1. The van der Waals surface area contributed by atoms with Gasteiger partial charge >= 0.3 is 0 Å². The maximum Gasteiger partial charge on any atom is 0.182 e. The van der Waals surface area contributed by atoms with Crippen molar-refractivity contribution in [1.29, 1.82) is 0 Å². The zero-order chi connectivity index (χ0) is 14.0. The Morgan fingerprint density at radius 2 is 1.65 bits per heavy atom. The van der Waals surface area contributed by atoms with Crippen molar-refractivity contribution in [2.24, 2.45) is 0 Å². The molecule has 1 aliphatic heterocycles. The molecular weight excluding hydrogens is 272 g/mol. The first-order valence-electron chi connectivity index (χ1n) is 6.34. The second kappa shape index (κ2) is 5.13. The fourth-order valence-corrected chi connectivity index (χ4v) is 3.60. The molecule has 1 heterocycles. The van der Waals surface area contributed by atoms with Crippen LogP contribution < -0.4 is 4.74 Å². The third kappa shape index (κ3) is 2.60. The molecule has 0 aromatic heterocycles. The molecular formula is C16H14O3S. The minimum Gasteiger partial charge on any atom is -0.489 e. The van der Waals surface area contributed by atoms with E-state index < -0.39 is 9.84 Å². The Morgan fingerprint density at radius 3 is 2.45 bits per heavy atom. The Labute approximate surface area is 118 Å². The van der Waals surface area contributed by atoms with Crippen LogP contribution in [0.1, 0.15) is 5.56 Å². The van der Waals surface area contributed by atoms with Crippen LogP contribution in [0, 0.1) is 0 Å². The number of hydrogen-bond donors (Lipinski definition) is 0. The van der Waals surface area contributed by atoms with Crippen molar-refractivity contribution < 1.29 is 13.2 Å². The number of hydrogen-bond acceptors (Lipinski definition) is 3. The Kier molecular flexibility index (Phi) is 3.32. The van der Waals surface area contributed by atoms with Gasteiger partial charge in [-0.3, -0.25) is 0 Å². The lowest BCUT2D eigenvalue weighted by atomic mass is 10.1. The highest BCUT2D eigenvalue weighted by Crippen LogP contribution is 2.27. The van der Waals surface area contributed by atoms with Gasteiger partial charge < -0.3 is 4.74 Å². The van der Waals surface area contributed by atoms with Gasteiger partial charge in [-0.1, -0.05) is 36.4 Å². The first-order valence-corrected chi connectivity index (χ1v) is 7.99. The summed E-state index contributed by atoms with van der Waals surface area (Å²) in [6, 6.07) is 16.1. The molecule has 0 amide bonds. The van der Waals surface area contributed by atoms with Crippen LogP contribution >= 0.6 is 0 Å². The van der Waals surface area contributed by atoms with Gasteiger partial charge in [0, 0.05) is 5.56 Å². The summed E-state index contributed by atoms with van der Waals surface area (Å²) >= 11 is 0. The van der Waals surface area contributed by atoms with Crippen molar-refractivity contribution in [2.45, 2.75) is 4.90 Å². The van der Waals surface area contributed by atoms with Gasteiger partial charge in [0.25, 0.3) is 0 Å². The van der Waals surface area contributed by atoms with Crippen molar-refractivity contribution in [2.75, 3.05) is 12.4 Å². The molecule has 2 aromatic carbocycles. The van der Waals surface area contributed by atoms with Gasteiger partial charge in [0.05, 0.1) is 10.6 Å². The molecule has 1 aliphatic rings. The Morgan fingerprint density at radius 1 is 0.950 bits per heavy atom. The first-order chi connectivity index (χ1) is 9.65. The summed E-state index contributed by atoms with van der Waals surface area (Å²) in [5.41, 5.74) is 1.70. The van der Waals surface area contributed by atoms with Crippen molar-refractivity contribution >= 4 is 15.9 Å². The molecule has 20 heavy (non-hydrogen) atoms. The van der Waals surface area contributed by atoms with Gasteiger partial charge in [0.15, 0.2) is 9.84 Å². The van der Waals surface area contributed by atoms with Crippen LogP contribution in [-0.4, -0.2) is 20.8 Å². The second-order valence-corrected chi connectivity index (χ2v) is 6.69. The third-order valence-electron chi connectivity index (χ3n) is 3.17. The summed E-state index contributed by atoms with van der Waals surface area (Å²) < 4.78 is 30.2. The molecule has 4 heteroatoms. The summed E-state index contributed by atoms with van der Waals surface area (Å²) in [7, 11) is -3.31. The highest BCUT2D eigenvalue weighted by molar-refractivity contribution is 7.91. The molecule has 3 rings (SSSR count). The van der Waals surface area contributed by atoms with Crippen LogP contribution in [0.25, 0.3) is 6.08 Å². The van der Waals surface area contributed by atoms with E-state index in [1.54, 1.807) is 30.3 Å². The Balaban J connectivity index is 1.88. The second-order valence-electron chi connectivity index (χ2n) is 4.70. The standard InChI is InChI=1S/C16H14O3S/c17-20(18,15-7-2-1-3-8-15)12-13-10-14-6-4-5-9-16(14)19-11-13/h1-10H,11-12H2. The number of sulfone groups is 1. The topological polar surface area (TPSA) is 43.4 Å². The van der Waals surface area contributed by atoms with E-state index in [9.17, 15) is 8.42 Å². The average Bonchev–Trinajstić information content (AvgIpc) is 2.48. The van der Waals surface area contributed by atoms with E-state index in [0.29, 0.717) is 11.5 Å². The number of fused-ring (bicyclic) bond motifs is 1. The molecule has 0 atom stereocenters. The van der Waals surface area contributed by atoms with Crippen LogP contribution in [0.5, 0.6) is 5.75 Å². The van der Waals surface area contributed by atoms with E-state index in [0.717, 1.165) is 16.9 Å². The SMILES string of the molecule is O=S(=O)(CC1=Cc2ccccc2OC1)c1ccccc1. The summed E-state index contributed by atoms with van der Waals surface area (Å²) in [5, 5.41) is 0. The van der Waals surface area contributed by atoms with E-state index in [2.05, 4.69) is 0 Å². The van der Waals surface area contributed by atoms with E-state index >= 15 is 0 Å². The number of para-hydroxylation sites is 1. The lowest BCUT2D eigenvalue weighted by molar-refractivity contribution is 0.347. The molecule has 102 valence electrons. The fourth-order valence-electron chi connectivity index (χ4n) is 2.20. The van der Waals surface area contributed by atoms with Crippen LogP contribution in [0.4, 0.5) is 0 Å². The van der Waals surface area contributed by atoms with Crippen molar-refractivity contribution in [3.05, 3.63) is 65.7 Å². The maximum atomic E-state index is 12.3. The van der Waals surface area contributed by atoms with Crippen molar-refractivity contribution in [1.82, 2.24) is 0 Å². The van der Waals surface area contributed by atoms with E-state index in [-0.39, 0.29) is 5.75 Å². The van der Waals surface area contributed by atoms with Crippen molar-refractivity contribution in [3.63, 3.8) is 0 Å². The molecule has 0 spiro atoms.